The van der Waals surface area contributed by atoms with Crippen molar-refractivity contribution in [2.24, 2.45) is 0 Å². The van der Waals surface area contributed by atoms with Gasteiger partial charge in [0, 0.05) is 62.6 Å². The van der Waals surface area contributed by atoms with E-state index >= 15 is 0 Å². The Balaban J connectivity index is 1.16. The minimum Gasteiger partial charge on any atom is -0.228 e. The van der Waals surface area contributed by atoms with Gasteiger partial charge >= 0.3 is 0 Å². The lowest BCUT2D eigenvalue weighted by molar-refractivity contribution is 1.18. The minimum atomic E-state index is 0.705. The number of thiophene rings is 2. The molecule has 0 N–H and O–H groups in total. The van der Waals surface area contributed by atoms with E-state index in [9.17, 15) is 0 Å². The fourth-order valence-corrected chi connectivity index (χ4v) is 10.3. The molecule has 0 saturated carbocycles. The predicted molar refractivity (Wildman–Crippen MR) is 240 cm³/mol. The lowest BCUT2D eigenvalue weighted by Gasteiger charge is -2.16. The summed E-state index contributed by atoms with van der Waals surface area (Å²) in [5.41, 5.74) is 12.0. The van der Waals surface area contributed by atoms with Crippen LogP contribution < -0.4 is 0 Å². The minimum absolute atomic E-state index is 0.705. The Hall–Kier alpha value is -6.72. The smallest absolute Gasteiger partial charge is 0.160 e. The van der Waals surface area contributed by atoms with Gasteiger partial charge in [0.1, 0.15) is 0 Å². The van der Waals surface area contributed by atoms with E-state index in [4.69, 9.17) is 9.97 Å². The molecule has 3 heterocycles. The highest BCUT2D eigenvalue weighted by molar-refractivity contribution is 7.26. The number of benzene rings is 8. The van der Waals surface area contributed by atoms with E-state index in [0.29, 0.717) is 5.82 Å². The van der Waals surface area contributed by atoms with Crippen molar-refractivity contribution >= 4 is 63.0 Å². The Morgan fingerprint density at radius 2 is 0.839 bits per heavy atom. The molecule has 8 aromatic carbocycles. The Kier molecular flexibility index (Phi) is 7.90. The largest absolute Gasteiger partial charge is 0.228 e. The first-order valence-corrected chi connectivity index (χ1v) is 20.4. The van der Waals surface area contributed by atoms with Crippen LogP contribution in [0, 0.1) is 0 Å². The summed E-state index contributed by atoms with van der Waals surface area (Å²) >= 11 is 3.72. The van der Waals surface area contributed by atoms with E-state index in [1.807, 2.05) is 46.9 Å². The summed E-state index contributed by atoms with van der Waals surface area (Å²) in [5.74, 6) is 0.705. The molecule has 0 unspecified atom stereocenters. The van der Waals surface area contributed by atoms with Crippen LogP contribution in [0.3, 0.4) is 0 Å². The van der Waals surface area contributed by atoms with Gasteiger partial charge in [-0.25, -0.2) is 9.97 Å². The fourth-order valence-electron chi connectivity index (χ4n) is 8.00. The Morgan fingerprint density at radius 1 is 0.286 bits per heavy atom. The maximum atomic E-state index is 5.29. The van der Waals surface area contributed by atoms with Crippen LogP contribution in [0.2, 0.25) is 0 Å². The molecule has 0 aliphatic carbocycles. The lowest BCUT2D eigenvalue weighted by Crippen LogP contribution is -1.96. The standard InChI is InChI=1S/C52H32N2S2/c1-3-14-33(15-4-1)46-32-47(54-52(53-46)34-16-5-2-6-17-34)38-29-36(35-26-27-50-45(31-35)42-21-10-11-24-48(42)55-50)28-37(30-38)39-18-7-8-19-40(39)43-22-13-23-44-41-20-9-12-25-49(41)56-51(43)44/h1-32H. The van der Waals surface area contributed by atoms with Crippen molar-refractivity contribution in [2.75, 3.05) is 0 Å². The van der Waals surface area contributed by atoms with Gasteiger partial charge in [0.05, 0.1) is 11.4 Å². The van der Waals surface area contributed by atoms with Crippen molar-refractivity contribution in [2.45, 2.75) is 0 Å². The van der Waals surface area contributed by atoms with Crippen molar-refractivity contribution in [1.82, 2.24) is 9.97 Å². The second-order valence-electron chi connectivity index (χ2n) is 14.1. The molecule has 0 aliphatic rings. The van der Waals surface area contributed by atoms with Crippen LogP contribution in [0.5, 0.6) is 0 Å². The molecule has 11 rings (SSSR count). The van der Waals surface area contributed by atoms with Gasteiger partial charge in [-0.2, -0.15) is 0 Å². The van der Waals surface area contributed by atoms with E-state index < -0.39 is 0 Å². The van der Waals surface area contributed by atoms with Crippen LogP contribution >= 0.6 is 22.7 Å². The summed E-state index contributed by atoms with van der Waals surface area (Å²) < 4.78 is 5.22. The molecule has 0 bridgehead atoms. The predicted octanol–water partition coefficient (Wildman–Crippen LogP) is 15.2. The molecule has 4 heteroatoms. The number of fused-ring (bicyclic) bond motifs is 6. The zero-order chi connectivity index (χ0) is 37.0. The highest BCUT2D eigenvalue weighted by Crippen LogP contribution is 2.44. The molecule has 11 aromatic rings. The first-order chi connectivity index (χ1) is 27.7. The van der Waals surface area contributed by atoms with Crippen molar-refractivity contribution in [1.29, 1.82) is 0 Å². The number of nitrogens with zero attached hydrogens (tertiary/aromatic N) is 2. The summed E-state index contributed by atoms with van der Waals surface area (Å²) in [6.07, 6.45) is 0. The number of hydrogen-bond donors (Lipinski definition) is 0. The van der Waals surface area contributed by atoms with Gasteiger partial charge in [0.2, 0.25) is 0 Å². The van der Waals surface area contributed by atoms with Gasteiger partial charge in [0.25, 0.3) is 0 Å². The van der Waals surface area contributed by atoms with Gasteiger partial charge in [-0.05, 0) is 76.3 Å². The van der Waals surface area contributed by atoms with E-state index in [0.717, 1.165) is 39.2 Å². The molecule has 56 heavy (non-hydrogen) atoms. The molecule has 0 amide bonds. The molecule has 0 atom stereocenters. The van der Waals surface area contributed by atoms with Crippen molar-refractivity contribution in [3.8, 4) is 67.3 Å². The summed E-state index contributed by atoms with van der Waals surface area (Å²) in [5, 5.41) is 5.18. The van der Waals surface area contributed by atoms with Crippen molar-refractivity contribution < 1.29 is 0 Å². The number of rotatable bonds is 6. The molecule has 0 aliphatic heterocycles. The normalized spacial score (nSPS) is 11.6. The summed E-state index contributed by atoms with van der Waals surface area (Å²) in [7, 11) is 0. The van der Waals surface area contributed by atoms with Crippen LogP contribution in [0.15, 0.2) is 194 Å². The number of hydrogen-bond acceptors (Lipinski definition) is 4. The third-order valence-electron chi connectivity index (χ3n) is 10.7. The maximum absolute atomic E-state index is 5.29. The van der Waals surface area contributed by atoms with Crippen molar-refractivity contribution in [3.63, 3.8) is 0 Å². The molecular formula is C52H32N2S2. The molecule has 262 valence electrons. The first kappa shape index (κ1) is 32.7. The second kappa shape index (κ2) is 13.5. The molecule has 0 spiro atoms. The third kappa shape index (κ3) is 5.70. The summed E-state index contributed by atoms with van der Waals surface area (Å²) in [4.78, 5) is 10.4. The summed E-state index contributed by atoms with van der Waals surface area (Å²) in [6.45, 7) is 0. The van der Waals surface area contributed by atoms with Gasteiger partial charge in [-0.3, -0.25) is 0 Å². The van der Waals surface area contributed by atoms with Crippen LogP contribution in [-0.4, -0.2) is 9.97 Å². The van der Waals surface area contributed by atoms with E-state index in [1.165, 1.54) is 62.6 Å². The Bertz CT molecular complexity index is 3190. The van der Waals surface area contributed by atoms with Crippen LogP contribution in [0.1, 0.15) is 0 Å². The highest BCUT2D eigenvalue weighted by atomic mass is 32.1. The van der Waals surface area contributed by atoms with Crippen LogP contribution in [0.4, 0.5) is 0 Å². The number of aromatic nitrogens is 2. The molecule has 0 fully saturated rings. The zero-order valence-corrected chi connectivity index (χ0v) is 31.8. The zero-order valence-electron chi connectivity index (χ0n) is 30.2. The molecular weight excluding hydrogens is 717 g/mol. The van der Waals surface area contributed by atoms with Crippen LogP contribution in [-0.2, 0) is 0 Å². The van der Waals surface area contributed by atoms with Gasteiger partial charge < -0.3 is 0 Å². The van der Waals surface area contributed by atoms with E-state index in [1.54, 1.807) is 0 Å². The average molecular weight is 749 g/mol. The fraction of sp³-hybridized carbons (Fsp3) is 0. The first-order valence-electron chi connectivity index (χ1n) is 18.8. The molecule has 2 nitrogen and oxygen atoms in total. The maximum Gasteiger partial charge on any atom is 0.160 e. The monoisotopic (exact) mass is 748 g/mol. The SMILES string of the molecule is c1ccc(-c2cc(-c3cc(-c4ccc5sc6ccccc6c5c4)cc(-c4ccccc4-c4cccc5c4sc4ccccc45)c3)nc(-c3ccccc3)n2)cc1. The van der Waals surface area contributed by atoms with Crippen molar-refractivity contribution in [3.05, 3.63) is 194 Å². The Morgan fingerprint density at radius 3 is 1.62 bits per heavy atom. The second-order valence-corrected chi connectivity index (χ2v) is 16.3. The van der Waals surface area contributed by atoms with E-state index in [-0.39, 0.29) is 0 Å². The molecule has 0 saturated heterocycles. The molecule has 3 aromatic heterocycles. The lowest BCUT2D eigenvalue weighted by atomic mass is 9.89. The third-order valence-corrected chi connectivity index (χ3v) is 13.1. The van der Waals surface area contributed by atoms with Gasteiger partial charge in [0.15, 0.2) is 5.82 Å². The van der Waals surface area contributed by atoms with Gasteiger partial charge in [-0.15, -0.1) is 22.7 Å². The van der Waals surface area contributed by atoms with E-state index in [2.05, 4.69) is 170 Å². The highest BCUT2D eigenvalue weighted by Gasteiger charge is 2.18. The summed E-state index contributed by atoms with van der Waals surface area (Å²) in [6, 6.07) is 69.8. The van der Waals surface area contributed by atoms with Gasteiger partial charge in [-0.1, -0.05) is 146 Å². The topological polar surface area (TPSA) is 25.8 Å². The average Bonchev–Trinajstić information content (AvgIpc) is 3.85. The molecule has 0 radical (unpaired) electrons. The quantitative estimate of drug-likeness (QED) is 0.169. The Labute approximate surface area is 332 Å². The van der Waals surface area contributed by atoms with Crippen LogP contribution in [0.25, 0.3) is 108 Å².